The largest absolute Gasteiger partial charge is 0.307 e. The van der Waals surface area contributed by atoms with Crippen molar-refractivity contribution in [1.82, 2.24) is 10.3 Å². The van der Waals surface area contributed by atoms with Gasteiger partial charge in [-0.15, -0.1) is 0 Å². The molecule has 0 spiro atoms. The second-order valence-electron chi connectivity index (χ2n) is 5.78. The normalized spacial score (nSPS) is 31.3. The molecule has 1 aromatic rings. The molecule has 1 fully saturated rings. The van der Waals surface area contributed by atoms with Crippen molar-refractivity contribution < 1.29 is 0 Å². The first-order valence-corrected chi connectivity index (χ1v) is 8.07. The molecule has 3 heteroatoms. The molecule has 2 nitrogen and oxygen atoms in total. The van der Waals surface area contributed by atoms with Crippen LogP contribution in [-0.4, -0.2) is 22.0 Å². The topological polar surface area (TPSA) is 24.9 Å². The second-order valence-corrected chi connectivity index (χ2v) is 7.46. The minimum atomic E-state index is 0.451. The van der Waals surface area contributed by atoms with Gasteiger partial charge in [0.2, 0.25) is 0 Å². The van der Waals surface area contributed by atoms with Crippen LogP contribution in [0.1, 0.15) is 49.9 Å². The zero-order chi connectivity index (χ0) is 12.4. The Kier molecular flexibility index (Phi) is 3.62. The maximum atomic E-state index is 4.60. The van der Waals surface area contributed by atoms with E-state index >= 15 is 0 Å². The average Bonchev–Trinajstić information content (AvgIpc) is 2.84. The average molecular weight is 262 g/mol. The third-order valence-electron chi connectivity index (χ3n) is 4.22. The molecule has 3 rings (SSSR count). The van der Waals surface area contributed by atoms with E-state index in [1.807, 2.05) is 6.20 Å². The van der Waals surface area contributed by atoms with Crippen LogP contribution in [0, 0.1) is 0 Å². The van der Waals surface area contributed by atoms with Gasteiger partial charge in [-0.25, -0.2) is 0 Å². The van der Waals surface area contributed by atoms with Crippen LogP contribution in [-0.2, 0) is 6.42 Å². The van der Waals surface area contributed by atoms with Crippen molar-refractivity contribution >= 4 is 11.8 Å². The van der Waals surface area contributed by atoms with Gasteiger partial charge in [-0.1, -0.05) is 6.07 Å². The van der Waals surface area contributed by atoms with Crippen molar-refractivity contribution in [2.45, 2.75) is 49.8 Å². The molecule has 0 radical (unpaired) electrons. The molecule has 1 saturated heterocycles. The number of nitrogens with one attached hydrogen (secondary N) is 1. The van der Waals surface area contributed by atoms with E-state index in [4.69, 9.17) is 0 Å². The lowest BCUT2D eigenvalue weighted by Gasteiger charge is -2.30. The number of nitrogens with zero attached hydrogens (tertiary/aromatic N) is 1. The van der Waals surface area contributed by atoms with Crippen LogP contribution in [0.25, 0.3) is 0 Å². The molecular weight excluding hydrogens is 240 g/mol. The lowest BCUT2D eigenvalue weighted by atomic mass is 9.91. The molecule has 2 heterocycles. The molecule has 0 aromatic carbocycles. The summed E-state index contributed by atoms with van der Waals surface area (Å²) in [4.78, 5) is 4.60. The quantitative estimate of drug-likeness (QED) is 0.904. The molecule has 0 amide bonds. The summed E-state index contributed by atoms with van der Waals surface area (Å²) in [7, 11) is 0. The summed E-state index contributed by atoms with van der Waals surface area (Å²) in [6.07, 6.45) is 8.40. The molecule has 0 bridgehead atoms. The fourth-order valence-corrected chi connectivity index (χ4v) is 4.38. The zero-order valence-electron chi connectivity index (χ0n) is 11.1. The standard InChI is InChI=1S/C15H22N2S/c1-15(8-4-10-18-15)11-17-13-7-2-5-12-6-3-9-16-14(12)13/h3,6,9,13,17H,2,4-5,7-8,10-11H2,1H3. The maximum absolute atomic E-state index is 4.60. The molecule has 1 aromatic heterocycles. The number of aryl methyl sites for hydroxylation is 1. The highest BCUT2D eigenvalue weighted by Gasteiger charge is 2.31. The Morgan fingerprint density at radius 1 is 1.50 bits per heavy atom. The Labute approximate surface area is 114 Å². The Morgan fingerprint density at radius 3 is 3.28 bits per heavy atom. The van der Waals surface area contributed by atoms with Gasteiger partial charge in [-0.3, -0.25) is 4.98 Å². The van der Waals surface area contributed by atoms with Gasteiger partial charge in [-0.2, -0.15) is 11.8 Å². The summed E-state index contributed by atoms with van der Waals surface area (Å²) in [5.74, 6) is 1.33. The molecule has 98 valence electrons. The monoisotopic (exact) mass is 262 g/mol. The van der Waals surface area contributed by atoms with E-state index in [-0.39, 0.29) is 0 Å². The number of thioether (sulfide) groups is 1. The summed E-state index contributed by atoms with van der Waals surface area (Å²) >= 11 is 2.13. The fourth-order valence-electron chi connectivity index (χ4n) is 3.12. The highest BCUT2D eigenvalue weighted by atomic mass is 32.2. The van der Waals surface area contributed by atoms with Crippen LogP contribution < -0.4 is 5.32 Å². The van der Waals surface area contributed by atoms with Crippen molar-refractivity contribution in [3.8, 4) is 0 Å². The highest BCUT2D eigenvalue weighted by molar-refractivity contribution is 8.00. The fraction of sp³-hybridized carbons (Fsp3) is 0.667. The summed E-state index contributed by atoms with van der Waals surface area (Å²) in [5.41, 5.74) is 2.75. The van der Waals surface area contributed by atoms with E-state index in [1.165, 1.54) is 49.1 Å². The molecule has 1 N–H and O–H groups in total. The molecule has 2 unspecified atom stereocenters. The zero-order valence-corrected chi connectivity index (χ0v) is 11.9. The van der Waals surface area contributed by atoms with Crippen molar-refractivity contribution in [3.05, 3.63) is 29.6 Å². The molecule has 2 atom stereocenters. The van der Waals surface area contributed by atoms with Crippen molar-refractivity contribution in [2.75, 3.05) is 12.3 Å². The predicted octanol–water partition coefficient (Wildman–Crippen LogP) is 3.33. The Morgan fingerprint density at radius 2 is 2.44 bits per heavy atom. The minimum absolute atomic E-state index is 0.451. The van der Waals surface area contributed by atoms with Crippen molar-refractivity contribution in [3.63, 3.8) is 0 Å². The van der Waals surface area contributed by atoms with Gasteiger partial charge in [-0.05, 0) is 56.4 Å². The first-order valence-electron chi connectivity index (χ1n) is 7.08. The Hall–Kier alpha value is -0.540. The lowest BCUT2D eigenvalue weighted by molar-refractivity contribution is 0.418. The molecule has 1 aliphatic carbocycles. The minimum Gasteiger partial charge on any atom is -0.307 e. The van der Waals surface area contributed by atoms with Crippen LogP contribution in [0.15, 0.2) is 18.3 Å². The van der Waals surface area contributed by atoms with E-state index in [1.54, 1.807) is 0 Å². The number of hydrogen-bond acceptors (Lipinski definition) is 3. The van der Waals surface area contributed by atoms with Gasteiger partial charge < -0.3 is 5.32 Å². The highest BCUT2D eigenvalue weighted by Crippen LogP contribution is 2.38. The van der Waals surface area contributed by atoms with Crippen LogP contribution in [0.4, 0.5) is 0 Å². The van der Waals surface area contributed by atoms with E-state index in [2.05, 4.69) is 41.1 Å². The summed E-state index contributed by atoms with van der Waals surface area (Å²) in [6.45, 7) is 3.53. The van der Waals surface area contributed by atoms with Crippen LogP contribution >= 0.6 is 11.8 Å². The number of aromatic nitrogens is 1. The van der Waals surface area contributed by atoms with Gasteiger partial charge in [0.15, 0.2) is 0 Å². The van der Waals surface area contributed by atoms with E-state index in [9.17, 15) is 0 Å². The van der Waals surface area contributed by atoms with E-state index in [0.717, 1.165) is 6.54 Å². The van der Waals surface area contributed by atoms with Crippen molar-refractivity contribution in [1.29, 1.82) is 0 Å². The first kappa shape index (κ1) is 12.5. The van der Waals surface area contributed by atoms with Crippen LogP contribution in [0.2, 0.25) is 0 Å². The number of hydrogen-bond donors (Lipinski definition) is 1. The van der Waals surface area contributed by atoms with Gasteiger partial charge in [0.25, 0.3) is 0 Å². The van der Waals surface area contributed by atoms with E-state index in [0.29, 0.717) is 10.8 Å². The number of fused-ring (bicyclic) bond motifs is 1. The third kappa shape index (κ3) is 2.57. The van der Waals surface area contributed by atoms with Gasteiger partial charge >= 0.3 is 0 Å². The van der Waals surface area contributed by atoms with Gasteiger partial charge in [0, 0.05) is 23.5 Å². The third-order valence-corrected chi connectivity index (χ3v) is 5.76. The Bertz CT molecular complexity index is 413. The molecule has 2 aliphatic rings. The SMILES string of the molecule is CC1(CNC2CCCc3cccnc32)CCCS1. The maximum Gasteiger partial charge on any atom is 0.0605 e. The Balaban J connectivity index is 1.67. The number of rotatable bonds is 3. The number of pyridine rings is 1. The first-order chi connectivity index (χ1) is 8.77. The second kappa shape index (κ2) is 5.22. The smallest absolute Gasteiger partial charge is 0.0605 e. The molecule has 1 aliphatic heterocycles. The van der Waals surface area contributed by atoms with Gasteiger partial charge in [0.05, 0.1) is 5.69 Å². The van der Waals surface area contributed by atoms with E-state index < -0.39 is 0 Å². The van der Waals surface area contributed by atoms with Crippen molar-refractivity contribution in [2.24, 2.45) is 0 Å². The molecule has 18 heavy (non-hydrogen) atoms. The summed E-state index contributed by atoms with van der Waals surface area (Å²) < 4.78 is 0.451. The lowest BCUT2D eigenvalue weighted by Crippen LogP contribution is -2.36. The molecule has 0 saturated carbocycles. The van der Waals surface area contributed by atoms with Crippen LogP contribution in [0.5, 0.6) is 0 Å². The predicted molar refractivity (Wildman–Crippen MR) is 78.0 cm³/mol. The van der Waals surface area contributed by atoms with Gasteiger partial charge in [0.1, 0.15) is 0 Å². The summed E-state index contributed by atoms with van der Waals surface area (Å²) in [6, 6.07) is 4.78. The summed E-state index contributed by atoms with van der Waals surface area (Å²) in [5, 5.41) is 3.78. The molecular formula is C15H22N2S. The van der Waals surface area contributed by atoms with Crippen LogP contribution in [0.3, 0.4) is 0 Å².